The summed E-state index contributed by atoms with van der Waals surface area (Å²) in [4.78, 5) is 12.0. The topological polar surface area (TPSA) is 38.3 Å². The molecule has 0 saturated carbocycles. The normalized spacial score (nSPS) is 18.0. The van der Waals surface area contributed by atoms with Gasteiger partial charge in [0.15, 0.2) is 0 Å². The maximum atomic E-state index is 12.0. The number of hydrogen-bond donors (Lipinski definition) is 1. The van der Waals surface area contributed by atoms with Crippen molar-refractivity contribution in [1.82, 2.24) is 5.32 Å². The van der Waals surface area contributed by atoms with Gasteiger partial charge in [0.25, 0.3) is 0 Å². The Hall–Kier alpha value is -2.55. The zero-order valence-electron chi connectivity index (χ0n) is 14.3. The first-order chi connectivity index (χ1) is 12.3. The number of ether oxygens (including phenoxy) is 1. The van der Waals surface area contributed by atoms with E-state index in [0.29, 0.717) is 18.9 Å². The van der Waals surface area contributed by atoms with E-state index in [1.165, 1.54) is 16.7 Å². The highest BCUT2D eigenvalue weighted by molar-refractivity contribution is 5.76. The molecule has 2 aromatic carbocycles. The van der Waals surface area contributed by atoms with Crippen molar-refractivity contribution in [3.05, 3.63) is 65.7 Å². The van der Waals surface area contributed by atoms with Crippen LogP contribution in [0.3, 0.4) is 0 Å². The Kier molecular flexibility index (Phi) is 4.55. The lowest BCUT2D eigenvalue weighted by Gasteiger charge is -2.10. The van der Waals surface area contributed by atoms with Crippen molar-refractivity contribution in [3.8, 4) is 16.9 Å². The van der Waals surface area contributed by atoms with Gasteiger partial charge in [0.1, 0.15) is 5.75 Å². The minimum absolute atomic E-state index is 0.138. The largest absolute Gasteiger partial charge is 0.493 e. The van der Waals surface area contributed by atoms with Gasteiger partial charge < -0.3 is 10.1 Å². The van der Waals surface area contributed by atoms with Crippen LogP contribution in [0.25, 0.3) is 11.1 Å². The molecular weight excluding hydrogens is 310 g/mol. The molecule has 1 N–H and O–H groups in total. The van der Waals surface area contributed by atoms with E-state index in [2.05, 4.69) is 59.9 Å². The Morgan fingerprint density at radius 1 is 1.12 bits per heavy atom. The van der Waals surface area contributed by atoms with Gasteiger partial charge in [0.05, 0.1) is 6.61 Å². The predicted molar refractivity (Wildman–Crippen MR) is 99.4 cm³/mol. The number of rotatable bonds is 5. The SMILES string of the molecule is O=C(C[C@@H]1C=CCC1)NCc1ccc(-c2ccc3c(c2)CCO3)cc1. The van der Waals surface area contributed by atoms with E-state index in [1.807, 2.05) is 0 Å². The summed E-state index contributed by atoms with van der Waals surface area (Å²) in [5.41, 5.74) is 4.83. The molecule has 0 radical (unpaired) electrons. The molecule has 128 valence electrons. The summed E-state index contributed by atoms with van der Waals surface area (Å²) in [6, 6.07) is 14.8. The Morgan fingerprint density at radius 3 is 2.76 bits per heavy atom. The van der Waals surface area contributed by atoms with Crippen LogP contribution in [-0.2, 0) is 17.8 Å². The first-order valence-electron chi connectivity index (χ1n) is 9.06. The highest BCUT2D eigenvalue weighted by Gasteiger charge is 2.14. The molecule has 1 aliphatic carbocycles. The van der Waals surface area contributed by atoms with Gasteiger partial charge in [-0.15, -0.1) is 0 Å². The maximum absolute atomic E-state index is 12.0. The van der Waals surface area contributed by atoms with Gasteiger partial charge in [-0.25, -0.2) is 0 Å². The first kappa shape index (κ1) is 15.9. The van der Waals surface area contributed by atoms with Gasteiger partial charge >= 0.3 is 0 Å². The fourth-order valence-electron chi connectivity index (χ4n) is 3.56. The third-order valence-electron chi connectivity index (χ3n) is 5.03. The lowest BCUT2D eigenvalue weighted by Crippen LogP contribution is -2.24. The molecule has 1 atom stereocenters. The van der Waals surface area contributed by atoms with Crippen LogP contribution in [0.4, 0.5) is 0 Å². The van der Waals surface area contributed by atoms with Crippen LogP contribution in [0.2, 0.25) is 0 Å². The molecule has 2 aliphatic rings. The molecule has 1 aliphatic heterocycles. The lowest BCUT2D eigenvalue weighted by molar-refractivity contribution is -0.121. The molecule has 0 saturated heterocycles. The van der Waals surface area contributed by atoms with Gasteiger partial charge in [0, 0.05) is 19.4 Å². The van der Waals surface area contributed by atoms with E-state index in [4.69, 9.17) is 4.74 Å². The molecule has 0 aromatic heterocycles. The molecule has 1 heterocycles. The minimum atomic E-state index is 0.138. The Balaban J connectivity index is 1.35. The molecule has 0 spiro atoms. The van der Waals surface area contributed by atoms with E-state index < -0.39 is 0 Å². The smallest absolute Gasteiger partial charge is 0.220 e. The van der Waals surface area contributed by atoms with Crippen LogP contribution >= 0.6 is 0 Å². The van der Waals surface area contributed by atoms with E-state index in [0.717, 1.165) is 37.2 Å². The molecule has 0 bridgehead atoms. The number of benzene rings is 2. The number of fused-ring (bicyclic) bond motifs is 1. The standard InChI is InChI=1S/C22H23NO2/c24-22(13-16-3-1-2-4-16)23-15-17-5-7-18(8-6-17)19-9-10-21-20(14-19)11-12-25-21/h1,3,5-10,14,16H,2,4,11-13,15H2,(H,23,24)/t16-/m1/s1. The van der Waals surface area contributed by atoms with Gasteiger partial charge in [-0.3, -0.25) is 4.79 Å². The molecule has 2 aromatic rings. The second kappa shape index (κ2) is 7.14. The summed E-state index contributed by atoms with van der Waals surface area (Å²) in [7, 11) is 0. The first-order valence-corrected chi connectivity index (χ1v) is 9.06. The lowest BCUT2D eigenvalue weighted by atomic mass is 10.0. The van der Waals surface area contributed by atoms with Crippen molar-refractivity contribution in [2.24, 2.45) is 5.92 Å². The van der Waals surface area contributed by atoms with Gasteiger partial charge in [-0.05, 0) is 53.1 Å². The summed E-state index contributed by atoms with van der Waals surface area (Å²) < 4.78 is 5.57. The van der Waals surface area contributed by atoms with Crippen LogP contribution in [0, 0.1) is 5.92 Å². The summed E-state index contributed by atoms with van der Waals surface area (Å²) >= 11 is 0. The summed E-state index contributed by atoms with van der Waals surface area (Å²) in [5, 5.41) is 3.03. The zero-order valence-corrected chi connectivity index (χ0v) is 14.3. The van der Waals surface area contributed by atoms with E-state index in [1.54, 1.807) is 0 Å². The number of carbonyl (C=O) groups excluding carboxylic acids is 1. The van der Waals surface area contributed by atoms with Crippen molar-refractivity contribution < 1.29 is 9.53 Å². The van der Waals surface area contributed by atoms with Crippen molar-refractivity contribution >= 4 is 5.91 Å². The van der Waals surface area contributed by atoms with Crippen LogP contribution in [-0.4, -0.2) is 12.5 Å². The highest BCUT2D eigenvalue weighted by atomic mass is 16.5. The molecule has 25 heavy (non-hydrogen) atoms. The maximum Gasteiger partial charge on any atom is 0.220 e. The van der Waals surface area contributed by atoms with Gasteiger partial charge in [-0.1, -0.05) is 42.5 Å². The summed E-state index contributed by atoms with van der Waals surface area (Å²) in [5.74, 6) is 1.57. The van der Waals surface area contributed by atoms with Crippen LogP contribution in [0.1, 0.15) is 30.4 Å². The molecule has 3 heteroatoms. The molecule has 0 unspecified atom stereocenters. The van der Waals surface area contributed by atoms with Crippen LogP contribution in [0.15, 0.2) is 54.6 Å². The van der Waals surface area contributed by atoms with Crippen molar-refractivity contribution in [2.75, 3.05) is 6.61 Å². The molecule has 4 rings (SSSR count). The van der Waals surface area contributed by atoms with E-state index in [9.17, 15) is 4.79 Å². The quantitative estimate of drug-likeness (QED) is 0.830. The fraction of sp³-hybridized carbons (Fsp3) is 0.318. The van der Waals surface area contributed by atoms with Crippen molar-refractivity contribution in [3.63, 3.8) is 0 Å². The number of allylic oxidation sites excluding steroid dienone is 2. The Labute approximate surface area is 148 Å². The molecular formula is C22H23NO2. The third kappa shape index (κ3) is 3.76. The summed E-state index contributed by atoms with van der Waals surface area (Å²) in [6.07, 6.45) is 8.13. The summed E-state index contributed by atoms with van der Waals surface area (Å²) in [6.45, 7) is 1.38. The molecule has 0 fully saturated rings. The van der Waals surface area contributed by atoms with Crippen LogP contribution in [0.5, 0.6) is 5.75 Å². The number of hydrogen-bond acceptors (Lipinski definition) is 2. The van der Waals surface area contributed by atoms with Crippen molar-refractivity contribution in [2.45, 2.75) is 32.2 Å². The average molecular weight is 333 g/mol. The minimum Gasteiger partial charge on any atom is -0.493 e. The highest BCUT2D eigenvalue weighted by Crippen LogP contribution is 2.30. The van der Waals surface area contributed by atoms with Gasteiger partial charge in [-0.2, -0.15) is 0 Å². The second-order valence-electron chi connectivity index (χ2n) is 6.86. The Morgan fingerprint density at radius 2 is 1.96 bits per heavy atom. The van der Waals surface area contributed by atoms with E-state index in [-0.39, 0.29) is 5.91 Å². The predicted octanol–water partition coefficient (Wildman–Crippen LogP) is 4.26. The van der Waals surface area contributed by atoms with Gasteiger partial charge in [0.2, 0.25) is 5.91 Å². The number of carbonyl (C=O) groups is 1. The van der Waals surface area contributed by atoms with Crippen LogP contribution < -0.4 is 10.1 Å². The number of nitrogens with one attached hydrogen (secondary N) is 1. The molecule has 3 nitrogen and oxygen atoms in total. The Bertz CT molecular complexity index is 792. The van der Waals surface area contributed by atoms with Crippen molar-refractivity contribution in [1.29, 1.82) is 0 Å². The number of amides is 1. The monoisotopic (exact) mass is 333 g/mol. The third-order valence-corrected chi connectivity index (χ3v) is 5.03. The molecule has 1 amide bonds. The average Bonchev–Trinajstić information content (AvgIpc) is 3.31. The second-order valence-corrected chi connectivity index (χ2v) is 6.86. The zero-order chi connectivity index (χ0) is 17.1. The fourth-order valence-corrected chi connectivity index (χ4v) is 3.56. The van der Waals surface area contributed by atoms with E-state index >= 15 is 0 Å².